The van der Waals surface area contributed by atoms with Gasteiger partial charge in [-0.2, -0.15) is 0 Å². The van der Waals surface area contributed by atoms with Gasteiger partial charge in [-0.15, -0.1) is 0 Å². The van der Waals surface area contributed by atoms with Crippen LogP contribution in [0, 0.1) is 23.0 Å². The summed E-state index contributed by atoms with van der Waals surface area (Å²) in [6.07, 6.45) is 1.11. The summed E-state index contributed by atoms with van der Waals surface area (Å²) in [5.74, 6) is -2.31. The van der Waals surface area contributed by atoms with Gasteiger partial charge in [0.2, 0.25) is 0 Å². The van der Waals surface area contributed by atoms with Crippen molar-refractivity contribution >= 4 is 17.6 Å². The van der Waals surface area contributed by atoms with Crippen molar-refractivity contribution in [2.45, 2.75) is 26.7 Å². The number of carboxylic acid groups (broad SMARTS) is 1. The summed E-state index contributed by atoms with van der Waals surface area (Å²) in [7, 11) is 0. The summed E-state index contributed by atoms with van der Waals surface area (Å²) in [5.41, 5.74) is 0.371. The van der Waals surface area contributed by atoms with Crippen LogP contribution in [0.2, 0.25) is 0 Å². The van der Waals surface area contributed by atoms with E-state index in [4.69, 9.17) is 5.11 Å². The highest BCUT2D eigenvalue weighted by Gasteiger charge is 2.22. The zero-order valence-electron chi connectivity index (χ0n) is 12.0. The molecule has 0 spiro atoms. The number of carbonyl (C=O) groups is 2. The van der Waals surface area contributed by atoms with Gasteiger partial charge in [0.1, 0.15) is 5.56 Å². The summed E-state index contributed by atoms with van der Waals surface area (Å²) >= 11 is 0. The van der Waals surface area contributed by atoms with Gasteiger partial charge >= 0.3 is 5.97 Å². The molecule has 0 aliphatic carbocycles. The molecule has 1 aromatic carbocycles. The third-order valence-electron chi connectivity index (χ3n) is 3.09. The van der Waals surface area contributed by atoms with Gasteiger partial charge in [-0.3, -0.25) is 19.7 Å². The summed E-state index contributed by atoms with van der Waals surface area (Å²) in [6, 6.07) is 4.24. The summed E-state index contributed by atoms with van der Waals surface area (Å²) in [4.78, 5) is 33.3. The average Bonchev–Trinajstić information content (AvgIpc) is 2.42. The first-order valence-electron chi connectivity index (χ1n) is 6.62. The first kappa shape index (κ1) is 16.6. The van der Waals surface area contributed by atoms with Crippen LogP contribution >= 0.6 is 0 Å². The maximum absolute atomic E-state index is 12.0. The van der Waals surface area contributed by atoms with Crippen molar-refractivity contribution in [3.8, 4) is 0 Å². The Labute approximate surface area is 122 Å². The molecule has 7 heteroatoms. The Bertz CT molecular complexity index is 556. The second-order valence-corrected chi connectivity index (χ2v) is 4.81. The van der Waals surface area contributed by atoms with Crippen molar-refractivity contribution < 1.29 is 19.6 Å². The summed E-state index contributed by atoms with van der Waals surface area (Å²) in [5, 5.41) is 22.4. The molecule has 0 bridgehead atoms. The third kappa shape index (κ3) is 4.55. The van der Waals surface area contributed by atoms with Crippen molar-refractivity contribution in [3.63, 3.8) is 0 Å². The molecule has 1 rings (SSSR count). The van der Waals surface area contributed by atoms with Gasteiger partial charge in [0, 0.05) is 12.6 Å². The van der Waals surface area contributed by atoms with Gasteiger partial charge in [-0.25, -0.2) is 0 Å². The van der Waals surface area contributed by atoms with E-state index in [1.807, 2.05) is 6.92 Å². The largest absolute Gasteiger partial charge is 0.481 e. The number of hydrogen-bond donors (Lipinski definition) is 2. The van der Waals surface area contributed by atoms with Crippen molar-refractivity contribution in [1.82, 2.24) is 5.32 Å². The number of nitrogens with one attached hydrogen (secondary N) is 1. The van der Waals surface area contributed by atoms with Crippen LogP contribution in [0.3, 0.4) is 0 Å². The molecule has 2 N–H and O–H groups in total. The van der Waals surface area contributed by atoms with Gasteiger partial charge in [0.25, 0.3) is 11.6 Å². The molecule has 1 aromatic rings. The van der Waals surface area contributed by atoms with E-state index in [1.165, 1.54) is 12.1 Å². The number of carbonyl (C=O) groups excluding carboxylic acids is 1. The van der Waals surface area contributed by atoms with Crippen LogP contribution in [-0.2, 0) is 4.79 Å². The Morgan fingerprint density at radius 1 is 1.43 bits per heavy atom. The Morgan fingerprint density at radius 2 is 2.10 bits per heavy atom. The van der Waals surface area contributed by atoms with Crippen LogP contribution < -0.4 is 5.32 Å². The highest BCUT2D eigenvalue weighted by atomic mass is 16.6. The van der Waals surface area contributed by atoms with E-state index in [2.05, 4.69) is 5.32 Å². The minimum atomic E-state index is -0.990. The maximum Gasteiger partial charge on any atom is 0.308 e. The van der Waals surface area contributed by atoms with Gasteiger partial charge in [0.15, 0.2) is 0 Å². The van der Waals surface area contributed by atoms with E-state index in [0.29, 0.717) is 18.4 Å². The molecule has 0 aliphatic heterocycles. The fourth-order valence-electron chi connectivity index (χ4n) is 1.96. The van der Waals surface area contributed by atoms with Gasteiger partial charge in [-0.05, 0) is 25.0 Å². The molecule has 0 fully saturated rings. The molecular weight excluding hydrogens is 276 g/mol. The first-order valence-corrected chi connectivity index (χ1v) is 6.62. The zero-order valence-corrected chi connectivity index (χ0v) is 12.0. The van der Waals surface area contributed by atoms with Crippen LogP contribution in [0.1, 0.15) is 35.7 Å². The first-order chi connectivity index (χ1) is 9.86. The van der Waals surface area contributed by atoms with E-state index in [0.717, 1.165) is 0 Å². The van der Waals surface area contributed by atoms with Gasteiger partial charge in [-0.1, -0.05) is 19.4 Å². The number of carboxylic acids is 1. The lowest BCUT2D eigenvalue weighted by Crippen LogP contribution is -2.33. The van der Waals surface area contributed by atoms with Gasteiger partial charge < -0.3 is 10.4 Å². The highest BCUT2D eigenvalue weighted by molar-refractivity contribution is 5.98. The standard InChI is InChI=1S/C14H18N2O5/c1-3-4-10(14(18)19)8-15-13(17)11-7-9(2)5-6-12(11)16(20)21/h5-7,10H,3-4,8H2,1-2H3,(H,15,17)(H,18,19). The number of aliphatic carboxylic acids is 1. The summed E-state index contributed by atoms with van der Waals surface area (Å²) < 4.78 is 0. The fraction of sp³-hybridized carbons (Fsp3) is 0.429. The molecule has 7 nitrogen and oxygen atoms in total. The molecule has 21 heavy (non-hydrogen) atoms. The molecule has 0 radical (unpaired) electrons. The Balaban J connectivity index is 2.86. The molecule has 1 amide bonds. The van der Waals surface area contributed by atoms with Crippen molar-refractivity contribution in [1.29, 1.82) is 0 Å². The predicted octanol–water partition coefficient (Wildman–Crippen LogP) is 2.13. The number of hydrogen-bond acceptors (Lipinski definition) is 4. The number of amides is 1. The number of rotatable bonds is 7. The number of aryl methyl sites for hydroxylation is 1. The average molecular weight is 294 g/mol. The van der Waals surface area contributed by atoms with Crippen LogP contribution in [0.25, 0.3) is 0 Å². The lowest BCUT2D eigenvalue weighted by Gasteiger charge is -2.12. The maximum atomic E-state index is 12.0. The Morgan fingerprint density at radius 3 is 2.62 bits per heavy atom. The SMILES string of the molecule is CCCC(CNC(=O)c1cc(C)ccc1[N+](=O)[O-])C(=O)O. The molecule has 0 saturated heterocycles. The van der Waals surface area contributed by atoms with Gasteiger partial charge in [0.05, 0.1) is 10.8 Å². The number of nitro groups is 1. The lowest BCUT2D eigenvalue weighted by molar-refractivity contribution is -0.385. The third-order valence-corrected chi connectivity index (χ3v) is 3.09. The number of nitro benzene ring substituents is 1. The van der Waals surface area contributed by atoms with Crippen molar-refractivity contribution in [2.24, 2.45) is 5.92 Å². The minimum absolute atomic E-state index is 0.0485. The predicted molar refractivity (Wildman–Crippen MR) is 76.2 cm³/mol. The Hall–Kier alpha value is -2.44. The molecule has 0 heterocycles. The molecule has 0 saturated carbocycles. The summed E-state index contributed by atoms with van der Waals surface area (Å²) in [6.45, 7) is 3.52. The fourth-order valence-corrected chi connectivity index (χ4v) is 1.96. The minimum Gasteiger partial charge on any atom is -0.481 e. The lowest BCUT2D eigenvalue weighted by atomic mass is 10.0. The van der Waals surface area contributed by atoms with Crippen LogP contribution in [0.4, 0.5) is 5.69 Å². The van der Waals surface area contributed by atoms with E-state index >= 15 is 0 Å². The van der Waals surface area contributed by atoms with Crippen molar-refractivity contribution in [2.75, 3.05) is 6.54 Å². The molecule has 0 aromatic heterocycles. The van der Waals surface area contributed by atoms with E-state index in [9.17, 15) is 19.7 Å². The van der Waals surface area contributed by atoms with Crippen LogP contribution in [0.15, 0.2) is 18.2 Å². The quantitative estimate of drug-likeness (QED) is 0.591. The topological polar surface area (TPSA) is 110 Å². The Kier molecular flexibility index (Phi) is 5.83. The number of benzene rings is 1. The highest BCUT2D eigenvalue weighted by Crippen LogP contribution is 2.19. The van der Waals surface area contributed by atoms with Crippen molar-refractivity contribution in [3.05, 3.63) is 39.4 Å². The zero-order chi connectivity index (χ0) is 16.0. The van der Waals surface area contributed by atoms with Crippen LogP contribution in [-0.4, -0.2) is 28.5 Å². The van der Waals surface area contributed by atoms with Crippen LogP contribution in [0.5, 0.6) is 0 Å². The molecule has 0 aliphatic rings. The molecule has 114 valence electrons. The number of nitrogens with zero attached hydrogens (tertiary/aromatic N) is 1. The second kappa shape index (κ2) is 7.37. The smallest absolute Gasteiger partial charge is 0.308 e. The van der Waals surface area contributed by atoms with E-state index in [-0.39, 0.29) is 17.8 Å². The second-order valence-electron chi connectivity index (χ2n) is 4.81. The molecule has 1 atom stereocenters. The molecular formula is C14H18N2O5. The monoisotopic (exact) mass is 294 g/mol. The molecule has 1 unspecified atom stereocenters. The van der Waals surface area contributed by atoms with E-state index in [1.54, 1.807) is 13.0 Å². The normalized spacial score (nSPS) is 11.7. The van der Waals surface area contributed by atoms with E-state index < -0.39 is 22.7 Å².